The van der Waals surface area contributed by atoms with E-state index in [1.807, 2.05) is 4.90 Å². The highest BCUT2D eigenvalue weighted by Gasteiger charge is 2.38. The van der Waals surface area contributed by atoms with Crippen LogP contribution in [0.1, 0.15) is 24.8 Å². The predicted octanol–water partition coefficient (Wildman–Crippen LogP) is 2.71. The van der Waals surface area contributed by atoms with Crippen LogP contribution in [0.15, 0.2) is 42.5 Å². The zero-order chi connectivity index (χ0) is 16.4. The van der Waals surface area contributed by atoms with Crippen LogP contribution in [0, 0.1) is 0 Å². The van der Waals surface area contributed by atoms with E-state index in [1.165, 1.54) is 16.3 Å². The van der Waals surface area contributed by atoms with E-state index in [1.54, 1.807) is 0 Å². The van der Waals surface area contributed by atoms with Crippen molar-refractivity contribution in [2.75, 3.05) is 26.2 Å². The van der Waals surface area contributed by atoms with Crippen LogP contribution in [0.5, 0.6) is 0 Å². The molecule has 2 aliphatic rings. The molecule has 0 radical (unpaired) electrons. The molecule has 1 N–H and O–H groups in total. The molecule has 4 nitrogen and oxygen atoms in total. The summed E-state index contributed by atoms with van der Waals surface area (Å²) in [5.41, 5.74) is 1.05. The molecule has 2 saturated heterocycles. The number of hydrogen-bond acceptors (Lipinski definition) is 3. The third-order valence-corrected chi connectivity index (χ3v) is 5.31. The number of fused-ring (bicyclic) bond motifs is 1. The van der Waals surface area contributed by atoms with Crippen molar-refractivity contribution < 1.29 is 9.53 Å². The van der Waals surface area contributed by atoms with E-state index < -0.39 is 0 Å². The van der Waals surface area contributed by atoms with Gasteiger partial charge in [-0.15, -0.1) is 0 Å². The maximum Gasteiger partial charge on any atom is 0.225 e. The minimum Gasteiger partial charge on any atom is -0.373 e. The normalized spacial score (nSPS) is 21.2. The number of carbonyl (C=O) groups is 1. The molecule has 0 saturated carbocycles. The standard InChI is InChI=1S/C20H24N2O2/c23-19-8-13-24-20(9-11-21-12-10-20)15-22(19)14-17-6-3-5-16-4-1-2-7-18(16)17/h1-7,21H,8-15H2. The number of rotatable bonds is 2. The van der Waals surface area contributed by atoms with Crippen LogP contribution in [0.3, 0.4) is 0 Å². The van der Waals surface area contributed by atoms with E-state index in [0.717, 1.165) is 25.9 Å². The van der Waals surface area contributed by atoms with Crippen molar-refractivity contribution in [2.24, 2.45) is 0 Å². The zero-order valence-corrected chi connectivity index (χ0v) is 14.0. The molecule has 0 aliphatic carbocycles. The Labute approximate surface area is 142 Å². The highest BCUT2D eigenvalue weighted by Crippen LogP contribution is 2.29. The lowest BCUT2D eigenvalue weighted by Crippen LogP contribution is -2.50. The van der Waals surface area contributed by atoms with E-state index in [2.05, 4.69) is 47.8 Å². The van der Waals surface area contributed by atoms with Crippen molar-refractivity contribution in [1.29, 1.82) is 0 Å². The fraction of sp³-hybridized carbons (Fsp3) is 0.450. The van der Waals surface area contributed by atoms with E-state index in [-0.39, 0.29) is 11.5 Å². The average molecular weight is 324 g/mol. The molecule has 2 fully saturated rings. The summed E-state index contributed by atoms with van der Waals surface area (Å²) in [4.78, 5) is 14.6. The molecule has 2 aliphatic heterocycles. The van der Waals surface area contributed by atoms with Crippen LogP contribution in [0.4, 0.5) is 0 Å². The molecule has 1 amide bonds. The van der Waals surface area contributed by atoms with Gasteiger partial charge in [0.15, 0.2) is 0 Å². The molecular weight excluding hydrogens is 300 g/mol. The number of carbonyl (C=O) groups excluding carboxylic acids is 1. The van der Waals surface area contributed by atoms with Gasteiger partial charge in [0.2, 0.25) is 5.91 Å². The minimum atomic E-state index is -0.165. The van der Waals surface area contributed by atoms with Gasteiger partial charge in [-0.2, -0.15) is 0 Å². The van der Waals surface area contributed by atoms with Crippen molar-refractivity contribution in [2.45, 2.75) is 31.4 Å². The van der Waals surface area contributed by atoms with Crippen LogP contribution < -0.4 is 5.32 Å². The van der Waals surface area contributed by atoms with E-state index in [0.29, 0.717) is 26.1 Å². The lowest BCUT2D eigenvalue weighted by atomic mass is 9.91. The lowest BCUT2D eigenvalue weighted by Gasteiger charge is -2.39. The smallest absolute Gasteiger partial charge is 0.225 e. The number of benzene rings is 2. The fourth-order valence-corrected chi connectivity index (χ4v) is 3.96. The Morgan fingerprint density at radius 3 is 2.75 bits per heavy atom. The summed E-state index contributed by atoms with van der Waals surface area (Å²) in [5, 5.41) is 5.85. The van der Waals surface area contributed by atoms with Crippen LogP contribution >= 0.6 is 0 Å². The number of ether oxygens (including phenoxy) is 1. The van der Waals surface area contributed by atoms with Gasteiger partial charge in [0.05, 0.1) is 25.2 Å². The molecule has 0 aromatic heterocycles. The van der Waals surface area contributed by atoms with Gasteiger partial charge in [-0.1, -0.05) is 42.5 Å². The molecule has 0 unspecified atom stereocenters. The first-order chi connectivity index (χ1) is 11.8. The molecule has 24 heavy (non-hydrogen) atoms. The zero-order valence-electron chi connectivity index (χ0n) is 14.0. The Morgan fingerprint density at radius 2 is 1.88 bits per heavy atom. The van der Waals surface area contributed by atoms with Gasteiger partial charge < -0.3 is 15.0 Å². The summed E-state index contributed by atoms with van der Waals surface area (Å²) in [7, 11) is 0. The molecule has 1 spiro atoms. The van der Waals surface area contributed by atoms with Crippen molar-refractivity contribution in [3.05, 3.63) is 48.0 Å². The number of nitrogens with zero attached hydrogens (tertiary/aromatic N) is 1. The summed E-state index contributed by atoms with van der Waals surface area (Å²) in [6.45, 7) is 3.85. The summed E-state index contributed by atoms with van der Waals surface area (Å²) in [5.74, 6) is 0.207. The number of amides is 1. The molecule has 4 rings (SSSR count). The quantitative estimate of drug-likeness (QED) is 0.923. The Hall–Kier alpha value is -1.91. The van der Waals surface area contributed by atoms with Crippen LogP contribution in [-0.2, 0) is 16.1 Å². The summed E-state index contributed by atoms with van der Waals surface area (Å²) < 4.78 is 6.15. The first-order valence-corrected chi connectivity index (χ1v) is 8.85. The number of nitrogens with one attached hydrogen (secondary N) is 1. The van der Waals surface area contributed by atoms with Crippen molar-refractivity contribution in [1.82, 2.24) is 10.2 Å². The van der Waals surface area contributed by atoms with E-state index in [4.69, 9.17) is 4.74 Å². The van der Waals surface area contributed by atoms with E-state index in [9.17, 15) is 4.79 Å². The van der Waals surface area contributed by atoms with Gasteiger partial charge in [-0.25, -0.2) is 0 Å². The second kappa shape index (κ2) is 6.54. The van der Waals surface area contributed by atoms with Crippen LogP contribution in [-0.4, -0.2) is 42.6 Å². The largest absolute Gasteiger partial charge is 0.373 e. The molecule has 2 heterocycles. The predicted molar refractivity (Wildman–Crippen MR) is 94.8 cm³/mol. The van der Waals surface area contributed by atoms with Crippen molar-refractivity contribution >= 4 is 16.7 Å². The van der Waals surface area contributed by atoms with Crippen LogP contribution in [0.25, 0.3) is 10.8 Å². The third kappa shape index (κ3) is 3.04. The molecule has 4 heteroatoms. The second-order valence-electron chi connectivity index (χ2n) is 6.92. The maximum absolute atomic E-state index is 12.6. The highest BCUT2D eigenvalue weighted by molar-refractivity contribution is 5.86. The summed E-state index contributed by atoms with van der Waals surface area (Å²) in [6.07, 6.45) is 2.44. The molecule has 0 atom stereocenters. The molecule has 0 bridgehead atoms. The average Bonchev–Trinajstić information content (AvgIpc) is 2.75. The number of piperidine rings is 1. The third-order valence-electron chi connectivity index (χ3n) is 5.31. The summed E-state index contributed by atoms with van der Waals surface area (Å²) in [6, 6.07) is 14.7. The Morgan fingerprint density at radius 1 is 1.08 bits per heavy atom. The van der Waals surface area contributed by atoms with Gasteiger partial charge in [0, 0.05) is 6.54 Å². The molecule has 2 aromatic carbocycles. The Kier molecular flexibility index (Phi) is 4.25. The van der Waals surface area contributed by atoms with Crippen molar-refractivity contribution in [3.8, 4) is 0 Å². The van der Waals surface area contributed by atoms with Crippen LogP contribution in [0.2, 0.25) is 0 Å². The van der Waals surface area contributed by atoms with Crippen molar-refractivity contribution in [3.63, 3.8) is 0 Å². The topological polar surface area (TPSA) is 41.6 Å². The molecule has 126 valence electrons. The molecule has 2 aromatic rings. The van der Waals surface area contributed by atoms with Gasteiger partial charge in [-0.05, 0) is 42.3 Å². The maximum atomic E-state index is 12.6. The van der Waals surface area contributed by atoms with Gasteiger partial charge in [0.1, 0.15) is 0 Å². The first kappa shape index (κ1) is 15.6. The van der Waals surface area contributed by atoms with E-state index >= 15 is 0 Å². The Balaban J connectivity index is 1.62. The molecular formula is C20H24N2O2. The first-order valence-electron chi connectivity index (χ1n) is 8.85. The number of hydrogen-bond donors (Lipinski definition) is 1. The monoisotopic (exact) mass is 324 g/mol. The lowest BCUT2D eigenvalue weighted by molar-refractivity contribution is -0.132. The van der Waals surface area contributed by atoms with Gasteiger partial charge in [-0.3, -0.25) is 4.79 Å². The van der Waals surface area contributed by atoms with Gasteiger partial charge >= 0.3 is 0 Å². The van der Waals surface area contributed by atoms with Gasteiger partial charge in [0.25, 0.3) is 0 Å². The Bertz CT molecular complexity index is 732. The minimum absolute atomic E-state index is 0.165. The second-order valence-corrected chi connectivity index (χ2v) is 6.92. The summed E-state index contributed by atoms with van der Waals surface area (Å²) >= 11 is 0. The fourth-order valence-electron chi connectivity index (χ4n) is 3.96. The highest BCUT2D eigenvalue weighted by atomic mass is 16.5. The SMILES string of the molecule is O=C1CCOC2(CCNCC2)CN1Cc1cccc2ccccc12.